The van der Waals surface area contributed by atoms with Gasteiger partial charge in [-0.25, -0.2) is 4.79 Å². The third-order valence-corrected chi connectivity index (χ3v) is 4.69. The molecule has 0 spiro atoms. The van der Waals surface area contributed by atoms with Gasteiger partial charge in [0.25, 0.3) is 0 Å². The molecule has 0 aromatic heterocycles. The van der Waals surface area contributed by atoms with Crippen LogP contribution in [0, 0.1) is 0 Å². The van der Waals surface area contributed by atoms with Crippen molar-refractivity contribution in [1.82, 2.24) is 4.90 Å². The molecule has 2 rings (SSSR count). The number of aromatic hydroxyl groups is 1. The van der Waals surface area contributed by atoms with Gasteiger partial charge >= 0.3 is 5.97 Å². The molecule has 114 valence electrons. The number of nitrogens with two attached hydrogens (primary N) is 1. The Morgan fingerprint density at radius 1 is 1.43 bits per heavy atom. The quantitative estimate of drug-likeness (QED) is 0.754. The first-order valence-electron chi connectivity index (χ1n) is 6.60. The Morgan fingerprint density at radius 2 is 2.05 bits per heavy atom. The maximum Gasteiger partial charge on any atom is 0.327 e. The third kappa shape index (κ3) is 3.48. The Hall–Kier alpha value is -1.73. The first-order valence-corrected chi connectivity index (χ1v) is 7.65. The van der Waals surface area contributed by atoms with E-state index in [4.69, 9.17) is 5.73 Å². The van der Waals surface area contributed by atoms with Crippen molar-refractivity contribution in [2.24, 2.45) is 5.73 Å². The van der Waals surface area contributed by atoms with Crippen LogP contribution in [0.1, 0.15) is 12.5 Å². The lowest BCUT2D eigenvalue weighted by Gasteiger charge is -2.27. The molecular formula is C14H18N2O4S. The van der Waals surface area contributed by atoms with Crippen molar-refractivity contribution in [2.45, 2.75) is 30.8 Å². The Kier molecular flexibility index (Phi) is 4.74. The number of rotatable bonds is 4. The van der Waals surface area contributed by atoms with Crippen LogP contribution in [0.3, 0.4) is 0 Å². The van der Waals surface area contributed by atoms with Gasteiger partial charge in [0.15, 0.2) is 0 Å². The molecule has 1 aromatic carbocycles. The van der Waals surface area contributed by atoms with Crippen molar-refractivity contribution in [3.05, 3.63) is 29.8 Å². The Balaban J connectivity index is 2.07. The number of amides is 1. The molecule has 0 bridgehead atoms. The summed E-state index contributed by atoms with van der Waals surface area (Å²) >= 11 is 1.43. The van der Waals surface area contributed by atoms with E-state index in [1.165, 1.54) is 28.8 Å². The van der Waals surface area contributed by atoms with E-state index in [9.17, 15) is 19.8 Å². The number of phenolic OH excluding ortho intramolecular Hbond substituents is 1. The number of thioether (sulfide) groups is 1. The highest BCUT2D eigenvalue weighted by molar-refractivity contribution is 8.00. The maximum absolute atomic E-state index is 12.4. The van der Waals surface area contributed by atoms with E-state index in [0.717, 1.165) is 5.56 Å². The fourth-order valence-electron chi connectivity index (χ4n) is 2.33. The van der Waals surface area contributed by atoms with E-state index in [1.54, 1.807) is 19.1 Å². The molecule has 3 unspecified atom stereocenters. The van der Waals surface area contributed by atoms with Crippen molar-refractivity contribution in [3.63, 3.8) is 0 Å². The monoisotopic (exact) mass is 310 g/mol. The Labute approximate surface area is 126 Å². The van der Waals surface area contributed by atoms with Gasteiger partial charge in [0.1, 0.15) is 11.8 Å². The molecule has 1 aliphatic rings. The van der Waals surface area contributed by atoms with Gasteiger partial charge in [0.2, 0.25) is 5.91 Å². The first-order chi connectivity index (χ1) is 9.90. The molecule has 1 aromatic rings. The molecule has 0 radical (unpaired) electrons. The molecule has 1 fully saturated rings. The summed E-state index contributed by atoms with van der Waals surface area (Å²) in [6.45, 7) is 1.80. The van der Waals surface area contributed by atoms with Gasteiger partial charge in [0, 0.05) is 5.75 Å². The number of carboxylic acids is 1. The van der Waals surface area contributed by atoms with Gasteiger partial charge in [-0.1, -0.05) is 12.1 Å². The number of phenols is 1. The summed E-state index contributed by atoms with van der Waals surface area (Å²) in [5, 5.41) is 18.2. The largest absolute Gasteiger partial charge is 0.508 e. The van der Waals surface area contributed by atoms with Gasteiger partial charge in [-0.3, -0.25) is 4.79 Å². The van der Waals surface area contributed by atoms with Crippen LogP contribution in [0.2, 0.25) is 0 Å². The molecule has 7 heteroatoms. The highest BCUT2D eigenvalue weighted by Gasteiger charge is 2.40. The molecule has 0 aliphatic carbocycles. The average molecular weight is 310 g/mol. The van der Waals surface area contributed by atoms with Crippen LogP contribution in [0.4, 0.5) is 0 Å². The van der Waals surface area contributed by atoms with Gasteiger partial charge < -0.3 is 20.8 Å². The summed E-state index contributed by atoms with van der Waals surface area (Å²) in [6, 6.07) is 4.83. The normalized spacial score (nSPS) is 23.0. The summed E-state index contributed by atoms with van der Waals surface area (Å²) in [5.74, 6) is -0.826. The van der Waals surface area contributed by atoms with Crippen LogP contribution >= 0.6 is 11.8 Å². The fraction of sp³-hybridized carbons (Fsp3) is 0.429. The molecular weight excluding hydrogens is 292 g/mol. The predicted molar refractivity (Wildman–Crippen MR) is 80.0 cm³/mol. The molecule has 0 saturated carbocycles. The first kappa shape index (κ1) is 15.7. The molecule has 3 atom stereocenters. The highest BCUT2D eigenvalue weighted by atomic mass is 32.2. The number of aliphatic carboxylic acids is 1. The van der Waals surface area contributed by atoms with E-state index in [1.807, 2.05) is 0 Å². The SMILES string of the molecule is CC1SCC(C(=O)O)N1C(=O)C(N)Cc1ccc(O)cc1. The lowest BCUT2D eigenvalue weighted by Crippen LogP contribution is -2.52. The number of carboxylic acid groups (broad SMARTS) is 1. The van der Waals surface area contributed by atoms with Crippen molar-refractivity contribution in [3.8, 4) is 5.75 Å². The molecule has 1 saturated heterocycles. The molecule has 1 heterocycles. The molecule has 1 aliphatic heterocycles. The average Bonchev–Trinajstić information content (AvgIpc) is 2.82. The summed E-state index contributed by atoms with van der Waals surface area (Å²) < 4.78 is 0. The van der Waals surface area contributed by atoms with Crippen LogP contribution in [-0.4, -0.2) is 50.2 Å². The minimum Gasteiger partial charge on any atom is -0.508 e. The summed E-state index contributed by atoms with van der Waals surface area (Å²) in [5.41, 5.74) is 6.76. The van der Waals surface area contributed by atoms with Gasteiger partial charge in [-0.15, -0.1) is 11.8 Å². The number of hydrogen-bond donors (Lipinski definition) is 3. The van der Waals surface area contributed by atoms with Gasteiger partial charge in [-0.2, -0.15) is 0 Å². The second-order valence-electron chi connectivity index (χ2n) is 5.01. The predicted octanol–water partition coefficient (Wildman–Crippen LogP) is 0.637. The summed E-state index contributed by atoms with van der Waals surface area (Å²) in [6.07, 6.45) is 0.305. The van der Waals surface area contributed by atoms with Crippen LogP contribution in [0.25, 0.3) is 0 Å². The van der Waals surface area contributed by atoms with Crippen molar-refractivity contribution in [1.29, 1.82) is 0 Å². The van der Waals surface area contributed by atoms with Crippen molar-refractivity contribution in [2.75, 3.05) is 5.75 Å². The van der Waals surface area contributed by atoms with E-state index in [2.05, 4.69) is 0 Å². The van der Waals surface area contributed by atoms with Gasteiger partial charge in [0.05, 0.1) is 11.4 Å². The van der Waals surface area contributed by atoms with Crippen molar-refractivity contribution >= 4 is 23.6 Å². The molecule has 4 N–H and O–H groups in total. The number of benzene rings is 1. The second kappa shape index (κ2) is 6.36. The topological polar surface area (TPSA) is 104 Å². The molecule has 21 heavy (non-hydrogen) atoms. The Bertz CT molecular complexity index is 534. The lowest BCUT2D eigenvalue weighted by molar-refractivity contribution is -0.149. The van der Waals surface area contributed by atoms with E-state index < -0.39 is 18.1 Å². The Morgan fingerprint density at radius 3 is 2.62 bits per heavy atom. The minimum atomic E-state index is -1.00. The van der Waals surface area contributed by atoms with Gasteiger partial charge in [-0.05, 0) is 31.0 Å². The smallest absolute Gasteiger partial charge is 0.327 e. The summed E-state index contributed by atoms with van der Waals surface area (Å²) in [4.78, 5) is 25.0. The standard InChI is InChI=1S/C14H18N2O4S/c1-8-16(12(7-21-8)14(19)20)13(18)11(15)6-9-2-4-10(17)5-3-9/h2-5,8,11-12,17H,6-7,15H2,1H3,(H,19,20). The fourth-order valence-corrected chi connectivity index (χ4v) is 3.51. The zero-order valence-corrected chi connectivity index (χ0v) is 12.4. The van der Waals surface area contributed by atoms with E-state index in [0.29, 0.717) is 12.2 Å². The maximum atomic E-state index is 12.4. The van der Waals surface area contributed by atoms with Crippen LogP contribution < -0.4 is 5.73 Å². The number of carbonyl (C=O) groups is 2. The van der Waals surface area contributed by atoms with E-state index in [-0.39, 0.29) is 17.0 Å². The van der Waals surface area contributed by atoms with Crippen LogP contribution in [0.5, 0.6) is 5.75 Å². The van der Waals surface area contributed by atoms with Crippen LogP contribution in [0.15, 0.2) is 24.3 Å². The zero-order valence-electron chi connectivity index (χ0n) is 11.6. The number of nitrogens with zero attached hydrogens (tertiary/aromatic N) is 1. The summed E-state index contributed by atoms with van der Waals surface area (Å²) in [7, 11) is 0. The molecule has 1 amide bonds. The second-order valence-corrected chi connectivity index (χ2v) is 6.36. The minimum absolute atomic E-state index is 0.147. The zero-order chi connectivity index (χ0) is 15.6. The number of hydrogen-bond acceptors (Lipinski definition) is 5. The third-order valence-electron chi connectivity index (χ3n) is 3.47. The van der Waals surface area contributed by atoms with Crippen LogP contribution in [-0.2, 0) is 16.0 Å². The number of carbonyl (C=O) groups excluding carboxylic acids is 1. The highest BCUT2D eigenvalue weighted by Crippen LogP contribution is 2.29. The van der Waals surface area contributed by atoms with E-state index >= 15 is 0 Å². The van der Waals surface area contributed by atoms with Crippen molar-refractivity contribution < 1.29 is 19.8 Å². The molecule has 6 nitrogen and oxygen atoms in total. The lowest BCUT2D eigenvalue weighted by atomic mass is 10.0.